The Hall–Kier alpha value is -3.25. The van der Waals surface area contributed by atoms with E-state index in [-0.39, 0.29) is 12.7 Å². The molecule has 0 radical (unpaired) electrons. The maximum absolute atomic E-state index is 12.4. The van der Waals surface area contributed by atoms with Gasteiger partial charge in [0.25, 0.3) is 5.91 Å². The van der Waals surface area contributed by atoms with Crippen LogP contribution in [-0.2, 0) is 0 Å². The van der Waals surface area contributed by atoms with E-state index in [1.54, 1.807) is 48.7 Å². The lowest BCUT2D eigenvalue weighted by molar-refractivity contribution is 0.102. The summed E-state index contributed by atoms with van der Waals surface area (Å²) in [7, 11) is 0. The topological polar surface area (TPSA) is 72.5 Å². The zero-order chi connectivity index (χ0) is 17.9. The molecule has 2 aromatic carbocycles. The molecule has 1 aromatic heterocycles. The van der Waals surface area contributed by atoms with Crippen LogP contribution in [0.5, 0.6) is 11.5 Å². The minimum Gasteiger partial charge on any atom is -0.454 e. The molecule has 6 nitrogen and oxygen atoms in total. The zero-order valence-corrected chi connectivity index (χ0v) is 14.3. The van der Waals surface area contributed by atoms with Gasteiger partial charge in [-0.1, -0.05) is 11.6 Å². The third-order valence-corrected chi connectivity index (χ3v) is 4.02. The molecule has 1 aliphatic heterocycles. The minimum absolute atomic E-state index is 0.173. The highest BCUT2D eigenvalue weighted by atomic mass is 35.5. The molecule has 0 fully saturated rings. The van der Waals surface area contributed by atoms with Gasteiger partial charge in [-0.15, -0.1) is 0 Å². The molecule has 0 saturated carbocycles. The quantitative estimate of drug-likeness (QED) is 0.712. The van der Waals surface area contributed by atoms with Gasteiger partial charge in [0.05, 0.1) is 11.9 Å². The summed E-state index contributed by atoms with van der Waals surface area (Å²) in [6.45, 7) is 0.173. The van der Waals surface area contributed by atoms with Crippen molar-refractivity contribution in [2.45, 2.75) is 0 Å². The summed E-state index contributed by atoms with van der Waals surface area (Å²) in [4.78, 5) is 16.7. The van der Waals surface area contributed by atoms with Crippen LogP contribution in [-0.4, -0.2) is 17.7 Å². The van der Waals surface area contributed by atoms with Crippen LogP contribution in [0.4, 0.5) is 17.2 Å². The number of carbonyl (C=O) groups is 1. The maximum Gasteiger partial charge on any atom is 0.255 e. The van der Waals surface area contributed by atoms with Crippen molar-refractivity contribution in [2.24, 2.45) is 0 Å². The highest BCUT2D eigenvalue weighted by molar-refractivity contribution is 6.30. The van der Waals surface area contributed by atoms with Crippen molar-refractivity contribution in [1.29, 1.82) is 0 Å². The van der Waals surface area contributed by atoms with Crippen molar-refractivity contribution in [3.63, 3.8) is 0 Å². The fourth-order valence-corrected chi connectivity index (χ4v) is 2.59. The number of nitrogens with zero attached hydrogens (tertiary/aromatic N) is 1. The van der Waals surface area contributed by atoms with Gasteiger partial charge in [-0.2, -0.15) is 0 Å². The number of pyridine rings is 1. The molecule has 0 spiro atoms. The largest absolute Gasteiger partial charge is 0.454 e. The van der Waals surface area contributed by atoms with E-state index in [9.17, 15) is 4.79 Å². The van der Waals surface area contributed by atoms with E-state index >= 15 is 0 Å². The van der Waals surface area contributed by atoms with Crippen LogP contribution in [0.2, 0.25) is 5.02 Å². The molecule has 130 valence electrons. The van der Waals surface area contributed by atoms with Crippen molar-refractivity contribution in [2.75, 3.05) is 17.4 Å². The first-order valence-electron chi connectivity index (χ1n) is 7.87. The predicted octanol–water partition coefficient (Wildman–Crippen LogP) is 4.46. The Morgan fingerprint density at radius 3 is 2.50 bits per heavy atom. The third-order valence-electron chi connectivity index (χ3n) is 3.77. The van der Waals surface area contributed by atoms with Gasteiger partial charge in [0.2, 0.25) is 6.79 Å². The lowest BCUT2D eigenvalue weighted by Crippen LogP contribution is -2.12. The number of fused-ring (bicyclic) bond motifs is 1. The number of hydrogen-bond acceptors (Lipinski definition) is 5. The summed E-state index contributed by atoms with van der Waals surface area (Å²) in [5.74, 6) is 1.62. The van der Waals surface area contributed by atoms with Gasteiger partial charge in [0.15, 0.2) is 11.5 Å². The number of carbonyl (C=O) groups excluding carboxylic acids is 1. The lowest BCUT2D eigenvalue weighted by atomic mass is 10.2. The van der Waals surface area contributed by atoms with Crippen molar-refractivity contribution in [1.82, 2.24) is 4.98 Å². The van der Waals surface area contributed by atoms with E-state index in [2.05, 4.69) is 15.6 Å². The summed E-state index contributed by atoms with van der Waals surface area (Å²) in [6, 6.07) is 15.9. The van der Waals surface area contributed by atoms with Gasteiger partial charge >= 0.3 is 0 Å². The number of hydrogen-bond donors (Lipinski definition) is 2. The number of anilines is 3. The second-order valence-electron chi connectivity index (χ2n) is 5.59. The van der Waals surface area contributed by atoms with E-state index in [4.69, 9.17) is 21.1 Å². The fourth-order valence-electron chi connectivity index (χ4n) is 2.46. The lowest BCUT2D eigenvalue weighted by Gasteiger charge is -2.08. The predicted molar refractivity (Wildman–Crippen MR) is 99.5 cm³/mol. The van der Waals surface area contributed by atoms with Gasteiger partial charge in [-0.05, 0) is 54.6 Å². The van der Waals surface area contributed by atoms with E-state index in [1.165, 1.54) is 0 Å². The Balaban J connectivity index is 1.42. The van der Waals surface area contributed by atoms with Crippen LogP contribution in [0.3, 0.4) is 0 Å². The number of halogens is 1. The summed E-state index contributed by atoms with van der Waals surface area (Å²) in [5.41, 5.74) is 1.95. The smallest absolute Gasteiger partial charge is 0.255 e. The Morgan fingerprint density at radius 2 is 1.73 bits per heavy atom. The molecule has 4 rings (SSSR count). The number of benzene rings is 2. The molecular formula is C19H14ClN3O3. The van der Waals surface area contributed by atoms with E-state index in [0.29, 0.717) is 33.6 Å². The molecule has 0 atom stereocenters. The van der Waals surface area contributed by atoms with Gasteiger partial charge in [0.1, 0.15) is 5.82 Å². The molecule has 7 heteroatoms. The van der Waals surface area contributed by atoms with E-state index in [1.807, 2.05) is 12.1 Å². The SMILES string of the molecule is O=C(Nc1ccc(Nc2ccc(Cl)cc2)nc1)c1ccc2c(c1)OCO2. The summed E-state index contributed by atoms with van der Waals surface area (Å²) >= 11 is 5.87. The Bertz CT molecular complexity index is 943. The normalized spacial score (nSPS) is 11.9. The first-order valence-corrected chi connectivity index (χ1v) is 8.25. The van der Waals surface area contributed by atoms with Crippen molar-refractivity contribution < 1.29 is 14.3 Å². The van der Waals surface area contributed by atoms with Crippen LogP contribution in [0, 0.1) is 0 Å². The molecule has 0 saturated heterocycles. The third kappa shape index (κ3) is 3.55. The summed E-state index contributed by atoms with van der Waals surface area (Å²) < 4.78 is 10.5. The van der Waals surface area contributed by atoms with Gasteiger partial charge in [-0.25, -0.2) is 4.98 Å². The van der Waals surface area contributed by atoms with Crippen molar-refractivity contribution in [3.8, 4) is 11.5 Å². The van der Waals surface area contributed by atoms with Gasteiger partial charge in [-0.3, -0.25) is 4.79 Å². The average Bonchev–Trinajstić information content (AvgIpc) is 3.13. The first-order chi connectivity index (χ1) is 12.7. The number of nitrogens with one attached hydrogen (secondary N) is 2. The van der Waals surface area contributed by atoms with Crippen LogP contribution in [0.25, 0.3) is 0 Å². The van der Waals surface area contributed by atoms with Gasteiger partial charge in [0, 0.05) is 16.3 Å². The molecule has 26 heavy (non-hydrogen) atoms. The second kappa shape index (κ2) is 6.93. The Labute approximate surface area is 154 Å². The second-order valence-corrected chi connectivity index (χ2v) is 6.02. The maximum atomic E-state index is 12.4. The summed E-state index contributed by atoms with van der Waals surface area (Å²) in [5, 5.41) is 6.63. The molecule has 2 heterocycles. The number of amides is 1. The highest BCUT2D eigenvalue weighted by Gasteiger charge is 2.16. The molecule has 2 N–H and O–H groups in total. The van der Waals surface area contributed by atoms with Crippen molar-refractivity contribution >= 4 is 34.7 Å². The molecule has 1 aliphatic rings. The first kappa shape index (κ1) is 16.2. The van der Waals surface area contributed by atoms with Crippen molar-refractivity contribution in [3.05, 3.63) is 71.4 Å². The molecule has 1 amide bonds. The average molecular weight is 368 g/mol. The van der Waals surface area contributed by atoms with E-state index in [0.717, 1.165) is 5.69 Å². The van der Waals surface area contributed by atoms with Gasteiger partial charge < -0.3 is 20.1 Å². The monoisotopic (exact) mass is 367 g/mol. The Kier molecular flexibility index (Phi) is 4.33. The molecule has 0 bridgehead atoms. The summed E-state index contributed by atoms with van der Waals surface area (Å²) in [6.07, 6.45) is 1.59. The minimum atomic E-state index is -0.247. The zero-order valence-electron chi connectivity index (χ0n) is 13.5. The molecular weight excluding hydrogens is 354 g/mol. The Morgan fingerprint density at radius 1 is 0.962 bits per heavy atom. The molecule has 3 aromatic rings. The van der Waals surface area contributed by atoms with Crippen LogP contribution < -0.4 is 20.1 Å². The number of rotatable bonds is 4. The van der Waals surface area contributed by atoms with Crippen LogP contribution >= 0.6 is 11.6 Å². The standard InChI is InChI=1S/C19H14ClN3O3/c20-13-2-4-14(5-3-13)22-18-8-6-15(10-21-18)23-19(24)12-1-7-16-17(9-12)26-11-25-16/h1-10H,11H2,(H,21,22)(H,23,24). The number of ether oxygens (including phenoxy) is 2. The highest BCUT2D eigenvalue weighted by Crippen LogP contribution is 2.32. The molecule has 0 aliphatic carbocycles. The van der Waals surface area contributed by atoms with E-state index < -0.39 is 0 Å². The fraction of sp³-hybridized carbons (Fsp3) is 0.0526. The van der Waals surface area contributed by atoms with Crippen LogP contribution in [0.1, 0.15) is 10.4 Å². The van der Waals surface area contributed by atoms with Crippen LogP contribution in [0.15, 0.2) is 60.8 Å². The molecule has 0 unspecified atom stereocenters. The number of aromatic nitrogens is 1.